The third-order valence-corrected chi connectivity index (χ3v) is 5.78. The number of aliphatic hydroxyl groups is 1. The molecule has 5 nitrogen and oxygen atoms in total. The Morgan fingerprint density at radius 1 is 1.21 bits per heavy atom. The zero-order chi connectivity index (χ0) is 19.7. The van der Waals surface area contributed by atoms with Gasteiger partial charge in [-0.25, -0.2) is 9.97 Å². The number of carbonyl (C=O) groups excluding carboxylic acids is 1. The summed E-state index contributed by atoms with van der Waals surface area (Å²) in [5.41, 5.74) is 2.95. The molecule has 1 aliphatic heterocycles. The molecule has 0 bridgehead atoms. The Kier molecular flexibility index (Phi) is 5.58. The molecule has 2 unspecified atom stereocenters. The Balaban J connectivity index is 1.64. The Bertz CT molecular complexity index is 904. The number of aryl methyl sites for hydroxylation is 1. The van der Waals surface area contributed by atoms with E-state index in [-0.39, 0.29) is 5.78 Å². The molecule has 1 saturated heterocycles. The molecule has 1 aromatic heterocycles. The van der Waals surface area contributed by atoms with E-state index in [9.17, 15) is 9.90 Å². The van der Waals surface area contributed by atoms with Crippen LogP contribution in [0.5, 0.6) is 0 Å². The molecule has 0 radical (unpaired) electrons. The fraction of sp³-hybridized carbons (Fsp3) is 0.409. The fourth-order valence-corrected chi connectivity index (χ4v) is 4.08. The number of ether oxygens (including phenoxy) is 1. The minimum Gasteiger partial charge on any atom is -0.392 e. The van der Waals surface area contributed by atoms with Crippen molar-refractivity contribution in [2.45, 2.75) is 38.2 Å². The molecular weight excluding hydrogens is 376 g/mol. The van der Waals surface area contributed by atoms with Crippen LogP contribution in [0.2, 0.25) is 5.02 Å². The van der Waals surface area contributed by atoms with E-state index >= 15 is 0 Å². The number of nitrogens with zero attached hydrogens (tertiary/aromatic N) is 2. The molecule has 0 amide bonds. The van der Waals surface area contributed by atoms with Gasteiger partial charge in [-0.2, -0.15) is 0 Å². The van der Waals surface area contributed by atoms with Gasteiger partial charge >= 0.3 is 0 Å². The normalized spacial score (nSPS) is 24.8. The molecule has 2 fully saturated rings. The maximum atomic E-state index is 13.1. The lowest BCUT2D eigenvalue weighted by molar-refractivity contribution is -0.116. The van der Waals surface area contributed by atoms with Crippen LogP contribution in [0.3, 0.4) is 0 Å². The van der Waals surface area contributed by atoms with Gasteiger partial charge in [0.1, 0.15) is 0 Å². The first-order valence-electron chi connectivity index (χ1n) is 9.63. The van der Waals surface area contributed by atoms with Crippen molar-refractivity contribution in [3.8, 4) is 11.4 Å². The molecule has 28 heavy (non-hydrogen) atoms. The second kappa shape index (κ2) is 8.11. The van der Waals surface area contributed by atoms with Gasteiger partial charge < -0.3 is 9.84 Å². The number of rotatable bonds is 3. The van der Waals surface area contributed by atoms with Gasteiger partial charge in [-0.3, -0.25) is 4.79 Å². The van der Waals surface area contributed by atoms with Crippen LogP contribution in [0.4, 0.5) is 0 Å². The number of ketones is 1. The van der Waals surface area contributed by atoms with Gasteiger partial charge in [-0.05, 0) is 61.1 Å². The molecular formula is C22H23ClN2O3. The Morgan fingerprint density at radius 3 is 2.64 bits per heavy atom. The summed E-state index contributed by atoms with van der Waals surface area (Å²) in [6, 6.07) is 7.26. The monoisotopic (exact) mass is 398 g/mol. The molecule has 6 heteroatoms. The highest BCUT2D eigenvalue weighted by molar-refractivity contribution is 6.30. The molecule has 1 aliphatic carbocycles. The largest absolute Gasteiger partial charge is 0.392 e. The molecule has 146 valence electrons. The SMILES string of the molecule is Cc1cnc(-c2ccc(Cl)cc2)nc1C1C(=O)C(=CC2CCOCC2)CC1O. The number of aromatic nitrogens is 2. The van der Waals surface area contributed by atoms with Crippen LogP contribution < -0.4 is 0 Å². The number of aliphatic hydroxyl groups excluding tert-OH is 1. The van der Waals surface area contributed by atoms with Crippen LogP contribution in [0.1, 0.15) is 36.4 Å². The topological polar surface area (TPSA) is 72.3 Å². The second-order valence-corrected chi connectivity index (χ2v) is 7.96. The van der Waals surface area contributed by atoms with Crippen LogP contribution in [-0.2, 0) is 9.53 Å². The van der Waals surface area contributed by atoms with Gasteiger partial charge in [0.15, 0.2) is 11.6 Å². The molecule has 2 aromatic rings. The van der Waals surface area contributed by atoms with Gasteiger partial charge in [0.05, 0.1) is 17.7 Å². The number of hydrogen-bond acceptors (Lipinski definition) is 5. The third-order valence-electron chi connectivity index (χ3n) is 5.52. The number of hydrogen-bond donors (Lipinski definition) is 1. The van der Waals surface area contributed by atoms with Gasteiger partial charge in [-0.15, -0.1) is 0 Å². The summed E-state index contributed by atoms with van der Waals surface area (Å²) in [7, 11) is 0. The van der Waals surface area contributed by atoms with Crippen molar-refractivity contribution < 1.29 is 14.6 Å². The van der Waals surface area contributed by atoms with E-state index in [1.807, 2.05) is 25.1 Å². The molecule has 2 heterocycles. The minimum absolute atomic E-state index is 0.0251. The lowest BCUT2D eigenvalue weighted by atomic mass is 9.94. The molecule has 2 aliphatic rings. The highest BCUT2D eigenvalue weighted by Gasteiger charge is 2.40. The highest BCUT2D eigenvalue weighted by atomic mass is 35.5. The highest BCUT2D eigenvalue weighted by Crippen LogP contribution is 2.37. The van der Waals surface area contributed by atoms with Crippen LogP contribution >= 0.6 is 11.6 Å². The van der Waals surface area contributed by atoms with E-state index in [1.54, 1.807) is 18.3 Å². The average molecular weight is 399 g/mol. The summed E-state index contributed by atoms with van der Waals surface area (Å²) in [5, 5.41) is 11.3. The summed E-state index contributed by atoms with van der Waals surface area (Å²) >= 11 is 5.96. The zero-order valence-electron chi connectivity index (χ0n) is 15.8. The molecule has 1 saturated carbocycles. The van der Waals surface area contributed by atoms with Gasteiger partial charge in [0, 0.05) is 36.4 Å². The summed E-state index contributed by atoms with van der Waals surface area (Å²) < 4.78 is 5.39. The first-order valence-corrected chi connectivity index (χ1v) is 10.0. The van der Waals surface area contributed by atoms with E-state index in [4.69, 9.17) is 16.3 Å². The van der Waals surface area contributed by atoms with Gasteiger partial charge in [-0.1, -0.05) is 17.7 Å². The maximum absolute atomic E-state index is 13.1. The van der Waals surface area contributed by atoms with Crippen molar-refractivity contribution in [3.63, 3.8) is 0 Å². The first-order chi connectivity index (χ1) is 13.5. The predicted octanol–water partition coefficient (Wildman–Crippen LogP) is 3.88. The average Bonchev–Trinajstić information content (AvgIpc) is 2.97. The maximum Gasteiger partial charge on any atom is 0.170 e. The Labute approximate surface area is 169 Å². The van der Waals surface area contributed by atoms with Crippen molar-refractivity contribution in [1.82, 2.24) is 9.97 Å². The fourth-order valence-electron chi connectivity index (χ4n) is 3.95. The number of Topliss-reactive ketones (excluding diaryl/α,β-unsaturated/α-hetero) is 1. The van der Waals surface area contributed by atoms with Gasteiger partial charge in [0.25, 0.3) is 0 Å². The van der Waals surface area contributed by atoms with E-state index in [0.29, 0.717) is 28.9 Å². The van der Waals surface area contributed by atoms with Crippen LogP contribution in [0.25, 0.3) is 11.4 Å². The smallest absolute Gasteiger partial charge is 0.170 e. The van der Waals surface area contributed by atoms with E-state index in [0.717, 1.165) is 42.8 Å². The van der Waals surface area contributed by atoms with Crippen LogP contribution in [0, 0.1) is 12.8 Å². The minimum atomic E-state index is -0.759. The Hall–Kier alpha value is -2.08. The summed E-state index contributed by atoms with van der Waals surface area (Å²) in [6.07, 6.45) is 5.22. The molecule has 1 aromatic carbocycles. The summed E-state index contributed by atoms with van der Waals surface area (Å²) in [6.45, 7) is 3.33. The number of benzene rings is 1. The van der Waals surface area contributed by atoms with Crippen LogP contribution in [0.15, 0.2) is 42.1 Å². The van der Waals surface area contributed by atoms with E-state index in [1.165, 1.54) is 0 Å². The standard InChI is InChI=1S/C22H23ClN2O3/c1-13-12-24-22(15-2-4-17(23)5-3-15)25-20(13)19-18(26)11-16(21(19)27)10-14-6-8-28-9-7-14/h2-5,10,12,14,18-19,26H,6-9,11H2,1H3. The van der Waals surface area contributed by atoms with Crippen molar-refractivity contribution in [2.24, 2.45) is 5.92 Å². The van der Waals surface area contributed by atoms with Crippen LogP contribution in [-0.4, -0.2) is 40.2 Å². The molecule has 0 spiro atoms. The van der Waals surface area contributed by atoms with E-state index < -0.39 is 12.0 Å². The van der Waals surface area contributed by atoms with Gasteiger partial charge in [0.2, 0.25) is 0 Å². The molecule has 2 atom stereocenters. The number of carbonyl (C=O) groups is 1. The van der Waals surface area contributed by atoms with E-state index in [2.05, 4.69) is 9.97 Å². The first kappa shape index (κ1) is 19.2. The van der Waals surface area contributed by atoms with Crippen molar-refractivity contribution in [2.75, 3.05) is 13.2 Å². The predicted molar refractivity (Wildman–Crippen MR) is 107 cm³/mol. The van der Waals surface area contributed by atoms with Crippen molar-refractivity contribution in [1.29, 1.82) is 0 Å². The van der Waals surface area contributed by atoms with Crippen molar-refractivity contribution in [3.05, 3.63) is 58.4 Å². The number of allylic oxidation sites excluding steroid dienone is 1. The Morgan fingerprint density at radius 2 is 1.93 bits per heavy atom. The number of halogens is 1. The second-order valence-electron chi connectivity index (χ2n) is 7.52. The summed E-state index contributed by atoms with van der Waals surface area (Å²) in [5.74, 6) is 0.205. The lowest BCUT2D eigenvalue weighted by Crippen LogP contribution is -2.20. The zero-order valence-corrected chi connectivity index (χ0v) is 16.5. The molecule has 4 rings (SSSR count). The lowest BCUT2D eigenvalue weighted by Gasteiger charge is -2.19. The van der Waals surface area contributed by atoms with Crippen molar-refractivity contribution >= 4 is 17.4 Å². The molecule has 1 N–H and O–H groups in total. The summed E-state index contributed by atoms with van der Waals surface area (Å²) in [4.78, 5) is 22.1. The quantitative estimate of drug-likeness (QED) is 0.794. The third kappa shape index (κ3) is 3.88.